The minimum atomic E-state index is -0.526. The van der Waals surface area contributed by atoms with Gasteiger partial charge in [0.15, 0.2) is 0 Å². The minimum Gasteiger partial charge on any atom is -0.340 e. The van der Waals surface area contributed by atoms with E-state index >= 15 is 0 Å². The van der Waals surface area contributed by atoms with E-state index in [0.717, 1.165) is 53.6 Å². The third-order valence-electron chi connectivity index (χ3n) is 5.67. The van der Waals surface area contributed by atoms with Crippen molar-refractivity contribution in [2.24, 2.45) is 0 Å². The van der Waals surface area contributed by atoms with Crippen LogP contribution in [0.4, 0.5) is 5.69 Å². The Balaban J connectivity index is 1.63. The molecule has 0 bridgehead atoms. The Morgan fingerprint density at radius 1 is 1.17 bits per heavy atom. The Morgan fingerprint density at radius 2 is 1.93 bits per heavy atom. The standard InChI is InChI=1S/C25H29N3O2/c1-3-4-5-6-10-24(29)27-20(17-26)15-18-11-13-19(14-12-18)21-8-7-9-23-22(21)16-25(30)28(23)2/h7-9,11-14,20H,3-6,10,15-16H2,1-2H3,(H,27,29). The number of fused-ring (bicyclic) bond motifs is 1. The van der Waals surface area contributed by atoms with E-state index in [4.69, 9.17) is 0 Å². The Bertz CT molecular complexity index is 944. The molecule has 2 amide bonds. The predicted molar refractivity (Wildman–Crippen MR) is 119 cm³/mol. The zero-order valence-electron chi connectivity index (χ0n) is 17.8. The molecule has 3 rings (SSSR count). The summed E-state index contributed by atoms with van der Waals surface area (Å²) in [5, 5.41) is 12.3. The summed E-state index contributed by atoms with van der Waals surface area (Å²) >= 11 is 0. The van der Waals surface area contributed by atoms with Crippen LogP contribution < -0.4 is 10.2 Å². The average molecular weight is 404 g/mol. The van der Waals surface area contributed by atoms with Crippen molar-refractivity contribution in [3.05, 3.63) is 53.6 Å². The first-order chi connectivity index (χ1) is 14.5. The molecule has 5 nitrogen and oxygen atoms in total. The van der Waals surface area contributed by atoms with E-state index < -0.39 is 6.04 Å². The van der Waals surface area contributed by atoms with Crippen LogP contribution in [0.25, 0.3) is 11.1 Å². The first kappa shape index (κ1) is 21.6. The summed E-state index contributed by atoms with van der Waals surface area (Å²) in [6.45, 7) is 2.14. The fourth-order valence-electron chi connectivity index (χ4n) is 3.91. The highest BCUT2D eigenvalue weighted by molar-refractivity contribution is 6.03. The van der Waals surface area contributed by atoms with Gasteiger partial charge in [0.25, 0.3) is 0 Å². The highest BCUT2D eigenvalue weighted by Crippen LogP contribution is 2.36. The monoisotopic (exact) mass is 403 g/mol. The topological polar surface area (TPSA) is 73.2 Å². The van der Waals surface area contributed by atoms with Gasteiger partial charge in [0.05, 0.1) is 12.5 Å². The van der Waals surface area contributed by atoms with Crippen LogP contribution in [-0.4, -0.2) is 24.9 Å². The van der Waals surface area contributed by atoms with Crippen LogP contribution in [0, 0.1) is 11.3 Å². The first-order valence-corrected chi connectivity index (χ1v) is 10.7. The van der Waals surface area contributed by atoms with Crippen molar-refractivity contribution in [1.29, 1.82) is 5.26 Å². The molecule has 156 valence electrons. The fourth-order valence-corrected chi connectivity index (χ4v) is 3.91. The van der Waals surface area contributed by atoms with Crippen LogP contribution in [0.15, 0.2) is 42.5 Å². The fraction of sp³-hybridized carbons (Fsp3) is 0.400. The molecule has 0 aliphatic carbocycles. The molecule has 2 aromatic carbocycles. The lowest BCUT2D eigenvalue weighted by Gasteiger charge is -2.14. The molecule has 30 heavy (non-hydrogen) atoms. The van der Waals surface area contributed by atoms with Gasteiger partial charge in [-0.25, -0.2) is 0 Å². The molecule has 0 aromatic heterocycles. The number of unbranched alkanes of at least 4 members (excludes halogenated alkanes) is 3. The highest BCUT2D eigenvalue weighted by atomic mass is 16.2. The van der Waals surface area contributed by atoms with Crippen molar-refractivity contribution in [2.75, 3.05) is 11.9 Å². The lowest BCUT2D eigenvalue weighted by atomic mass is 9.96. The van der Waals surface area contributed by atoms with Crippen LogP contribution in [0.3, 0.4) is 0 Å². The predicted octanol–water partition coefficient (Wildman–Crippen LogP) is 4.39. The number of nitrogens with one attached hydrogen (secondary N) is 1. The number of benzene rings is 2. The van der Waals surface area contributed by atoms with Gasteiger partial charge in [-0.2, -0.15) is 5.26 Å². The number of rotatable bonds is 9. The van der Waals surface area contributed by atoms with Gasteiger partial charge >= 0.3 is 0 Å². The summed E-state index contributed by atoms with van der Waals surface area (Å²) in [7, 11) is 1.81. The number of hydrogen-bond donors (Lipinski definition) is 1. The maximum atomic E-state index is 12.1. The van der Waals surface area contributed by atoms with E-state index in [1.54, 1.807) is 11.9 Å². The zero-order chi connectivity index (χ0) is 21.5. The molecule has 0 saturated carbocycles. The van der Waals surface area contributed by atoms with E-state index in [1.807, 2.05) is 42.5 Å². The maximum Gasteiger partial charge on any atom is 0.231 e. The van der Waals surface area contributed by atoms with Crippen molar-refractivity contribution in [1.82, 2.24) is 5.32 Å². The second-order valence-electron chi connectivity index (χ2n) is 7.89. The Kier molecular flexibility index (Phi) is 7.24. The molecule has 0 spiro atoms. The molecule has 1 N–H and O–H groups in total. The van der Waals surface area contributed by atoms with Crippen molar-refractivity contribution in [3.63, 3.8) is 0 Å². The van der Waals surface area contributed by atoms with Crippen LogP contribution >= 0.6 is 0 Å². The lowest BCUT2D eigenvalue weighted by molar-refractivity contribution is -0.121. The molecule has 1 unspecified atom stereocenters. The minimum absolute atomic E-state index is 0.0529. The van der Waals surface area contributed by atoms with Crippen LogP contribution in [0.2, 0.25) is 0 Å². The van der Waals surface area contributed by atoms with Gasteiger partial charge in [0, 0.05) is 25.6 Å². The van der Waals surface area contributed by atoms with Crippen LogP contribution in [0.1, 0.15) is 50.2 Å². The first-order valence-electron chi connectivity index (χ1n) is 10.7. The Labute approximate surface area is 178 Å². The summed E-state index contributed by atoms with van der Waals surface area (Å²) in [5.74, 6) is 0.0549. The molecule has 5 heteroatoms. The number of nitriles is 1. The largest absolute Gasteiger partial charge is 0.340 e. The van der Waals surface area contributed by atoms with Gasteiger partial charge in [-0.3, -0.25) is 9.59 Å². The number of amides is 2. The SMILES string of the molecule is CCCCCCC(=O)NC(C#N)Cc1ccc(-c2cccc3c2CC(=O)N3C)cc1. The second kappa shape index (κ2) is 10.1. The third-order valence-corrected chi connectivity index (χ3v) is 5.67. The van der Waals surface area contributed by atoms with Crippen molar-refractivity contribution >= 4 is 17.5 Å². The van der Waals surface area contributed by atoms with Crippen molar-refractivity contribution in [3.8, 4) is 17.2 Å². The maximum absolute atomic E-state index is 12.1. The molecule has 1 atom stereocenters. The van der Waals surface area contributed by atoms with Gasteiger partial charge in [-0.05, 0) is 34.7 Å². The summed E-state index contributed by atoms with van der Waals surface area (Å²) in [4.78, 5) is 25.8. The van der Waals surface area contributed by atoms with Gasteiger partial charge in [-0.1, -0.05) is 62.6 Å². The molecular weight excluding hydrogens is 374 g/mol. The molecular formula is C25H29N3O2. The van der Waals surface area contributed by atoms with Crippen LogP contribution in [-0.2, 0) is 22.4 Å². The zero-order valence-corrected chi connectivity index (χ0v) is 17.8. The van der Waals surface area contributed by atoms with E-state index in [-0.39, 0.29) is 11.8 Å². The molecule has 0 fully saturated rings. The smallest absolute Gasteiger partial charge is 0.231 e. The van der Waals surface area contributed by atoms with E-state index in [1.165, 1.54) is 0 Å². The van der Waals surface area contributed by atoms with Gasteiger partial charge < -0.3 is 10.2 Å². The van der Waals surface area contributed by atoms with Gasteiger partial charge in [-0.15, -0.1) is 0 Å². The van der Waals surface area contributed by atoms with Crippen LogP contribution in [0.5, 0.6) is 0 Å². The number of anilines is 1. The molecule has 0 saturated heterocycles. The van der Waals surface area contributed by atoms with Crippen molar-refractivity contribution in [2.45, 2.75) is 57.9 Å². The number of carbonyl (C=O) groups excluding carboxylic acids is 2. The number of hydrogen-bond acceptors (Lipinski definition) is 3. The molecule has 1 heterocycles. The average Bonchev–Trinajstić information content (AvgIpc) is 3.05. The summed E-state index contributed by atoms with van der Waals surface area (Å²) in [5.41, 5.74) is 5.13. The molecule has 0 radical (unpaired) electrons. The summed E-state index contributed by atoms with van der Waals surface area (Å²) < 4.78 is 0. The van der Waals surface area contributed by atoms with E-state index in [2.05, 4.69) is 18.3 Å². The third kappa shape index (κ3) is 5.07. The normalized spacial score (nSPS) is 13.6. The molecule has 2 aromatic rings. The Morgan fingerprint density at radius 3 is 2.63 bits per heavy atom. The highest BCUT2D eigenvalue weighted by Gasteiger charge is 2.26. The summed E-state index contributed by atoms with van der Waals surface area (Å²) in [6.07, 6.45) is 5.56. The lowest BCUT2D eigenvalue weighted by Crippen LogP contribution is -2.35. The second-order valence-corrected chi connectivity index (χ2v) is 7.89. The number of nitrogens with zero attached hydrogens (tertiary/aromatic N) is 2. The number of carbonyl (C=O) groups is 2. The van der Waals surface area contributed by atoms with Gasteiger partial charge in [0.1, 0.15) is 6.04 Å². The quantitative estimate of drug-likeness (QED) is 0.631. The van der Waals surface area contributed by atoms with E-state index in [0.29, 0.717) is 19.3 Å². The van der Waals surface area contributed by atoms with E-state index in [9.17, 15) is 14.9 Å². The van der Waals surface area contributed by atoms with Crippen molar-refractivity contribution < 1.29 is 9.59 Å². The summed E-state index contributed by atoms with van der Waals surface area (Å²) in [6, 6.07) is 15.7. The molecule has 1 aliphatic rings. The molecule has 1 aliphatic heterocycles. The van der Waals surface area contributed by atoms with Gasteiger partial charge in [0.2, 0.25) is 11.8 Å². The number of likely N-dealkylation sites (N-methyl/N-ethyl adjacent to an activating group) is 1. The Hall–Kier alpha value is -3.13.